The zero-order valence-corrected chi connectivity index (χ0v) is 18.4. The van der Waals surface area contributed by atoms with Crippen LogP contribution >= 0.6 is 0 Å². The van der Waals surface area contributed by atoms with E-state index in [0.717, 1.165) is 6.07 Å². The number of carbonyl (C=O) groups is 1. The van der Waals surface area contributed by atoms with Crippen molar-refractivity contribution in [1.29, 1.82) is 0 Å². The number of aromatic carboxylic acids is 1. The van der Waals surface area contributed by atoms with Gasteiger partial charge in [0.15, 0.2) is 11.6 Å². The Morgan fingerprint density at radius 3 is 2.88 bits per heavy atom. The molecule has 2 aromatic rings. The third-order valence-corrected chi connectivity index (χ3v) is 5.71. The van der Waals surface area contributed by atoms with E-state index in [9.17, 15) is 14.7 Å². The minimum Gasteiger partial charge on any atom is -0.487 e. The molecule has 11 nitrogen and oxygen atoms in total. The Hall–Kier alpha value is -3.83. The van der Waals surface area contributed by atoms with Gasteiger partial charge in [-0.15, -0.1) is 0 Å². The molecule has 1 fully saturated rings. The zero-order chi connectivity index (χ0) is 23.9. The number of benzene rings is 1. The quantitative estimate of drug-likeness (QED) is 0.375. The third-order valence-electron chi connectivity index (χ3n) is 5.71. The lowest BCUT2D eigenvalue weighted by atomic mass is 10.1. The number of anilines is 1. The molecule has 0 aliphatic carbocycles. The van der Waals surface area contributed by atoms with Gasteiger partial charge in [-0.05, 0) is 19.9 Å². The molecule has 3 N–H and O–H groups in total. The van der Waals surface area contributed by atoms with Crippen molar-refractivity contribution in [1.82, 2.24) is 4.57 Å². The zero-order valence-electron chi connectivity index (χ0n) is 18.4. The van der Waals surface area contributed by atoms with Crippen LogP contribution < -0.4 is 20.8 Å². The Bertz CT molecular complexity index is 1240. The fraction of sp³-hybridized carbons (Fsp3) is 0.429. The molecule has 2 atom stereocenters. The molecule has 2 aliphatic heterocycles. The predicted octanol–water partition coefficient (Wildman–Crippen LogP) is 1.54. The highest BCUT2D eigenvalue weighted by atomic mass is 19.1. The highest BCUT2D eigenvalue weighted by Crippen LogP contribution is 2.43. The fourth-order valence-corrected chi connectivity index (χ4v) is 4.20. The number of nitrogens with two attached hydrogens (primary N) is 1. The number of carboxylic acid groups (broad SMARTS) is 1. The smallest absolute Gasteiger partial charge is 0.341 e. The number of oxime groups is 2. The summed E-state index contributed by atoms with van der Waals surface area (Å²) < 4.78 is 23.0. The average molecular weight is 461 g/mol. The molecule has 0 saturated carbocycles. The maximum Gasteiger partial charge on any atom is 0.341 e. The molecule has 176 valence electrons. The molecular formula is C21H24FN5O6. The van der Waals surface area contributed by atoms with Crippen LogP contribution in [0.3, 0.4) is 0 Å². The first kappa shape index (κ1) is 22.4. The topological polar surface area (TPSA) is 141 Å². The Morgan fingerprint density at radius 2 is 2.21 bits per heavy atom. The van der Waals surface area contributed by atoms with Crippen molar-refractivity contribution in [3.63, 3.8) is 0 Å². The van der Waals surface area contributed by atoms with Crippen molar-refractivity contribution >= 4 is 34.1 Å². The normalized spacial score (nSPS) is 21.4. The Kier molecular flexibility index (Phi) is 5.83. The van der Waals surface area contributed by atoms with E-state index in [0.29, 0.717) is 17.8 Å². The van der Waals surface area contributed by atoms with E-state index in [1.165, 1.54) is 13.3 Å². The second-order valence-corrected chi connectivity index (χ2v) is 7.81. The van der Waals surface area contributed by atoms with Crippen LogP contribution in [0.1, 0.15) is 30.2 Å². The van der Waals surface area contributed by atoms with Gasteiger partial charge in [0.1, 0.15) is 37.4 Å². The van der Waals surface area contributed by atoms with Gasteiger partial charge in [-0.1, -0.05) is 10.3 Å². The minimum absolute atomic E-state index is 0.0582. The predicted molar refractivity (Wildman–Crippen MR) is 119 cm³/mol. The number of ether oxygens (including phenoxy) is 1. The number of nitrogens with zero attached hydrogens (tertiary/aromatic N) is 4. The van der Waals surface area contributed by atoms with Gasteiger partial charge in [-0.2, -0.15) is 0 Å². The summed E-state index contributed by atoms with van der Waals surface area (Å²) in [7, 11) is 1.37. The van der Waals surface area contributed by atoms with Crippen LogP contribution in [0.2, 0.25) is 0 Å². The molecule has 12 heteroatoms. The summed E-state index contributed by atoms with van der Waals surface area (Å²) in [5.74, 6) is -2.26. The van der Waals surface area contributed by atoms with Crippen molar-refractivity contribution in [3.05, 3.63) is 33.9 Å². The molecular weight excluding hydrogens is 437 g/mol. The van der Waals surface area contributed by atoms with Crippen LogP contribution in [0.4, 0.5) is 10.1 Å². The molecule has 0 radical (unpaired) electrons. The standard InChI is InChI=1S/C21H24FN5O6/c1-4-33-24-15-8-26(6-12(15)20(23)25-31-3)17-14(22)5-11-16-19(17)32-9-10(2)27(16)7-13(18(11)28)21(29)30/h5,7,10,12H,4,6,8-9H2,1-3H3,(H2,23,25)(H,29,30)/b24-15+/t10-,12?/m0/s1. The molecule has 4 rings (SSSR count). The number of carboxylic acids is 1. The van der Waals surface area contributed by atoms with Gasteiger partial charge >= 0.3 is 5.97 Å². The summed E-state index contributed by atoms with van der Waals surface area (Å²) in [5, 5.41) is 17.3. The molecule has 0 bridgehead atoms. The van der Waals surface area contributed by atoms with Crippen LogP contribution in [-0.4, -0.2) is 60.6 Å². The summed E-state index contributed by atoms with van der Waals surface area (Å²) in [6, 6.07) is 0.794. The van der Waals surface area contributed by atoms with Crippen LogP contribution in [-0.2, 0) is 9.68 Å². The average Bonchev–Trinajstić information content (AvgIpc) is 3.19. The maximum absolute atomic E-state index is 15.5. The number of hydrogen-bond acceptors (Lipinski definition) is 8. The number of rotatable bonds is 6. The first-order chi connectivity index (χ1) is 15.8. The van der Waals surface area contributed by atoms with Gasteiger partial charge in [0, 0.05) is 12.7 Å². The van der Waals surface area contributed by atoms with E-state index in [-0.39, 0.29) is 48.4 Å². The van der Waals surface area contributed by atoms with Crippen molar-refractivity contribution in [2.24, 2.45) is 22.0 Å². The van der Waals surface area contributed by atoms with Crippen LogP contribution in [0.25, 0.3) is 10.9 Å². The lowest BCUT2D eigenvalue weighted by Gasteiger charge is -2.31. The van der Waals surface area contributed by atoms with E-state index >= 15 is 4.39 Å². The highest BCUT2D eigenvalue weighted by Gasteiger charge is 2.38. The van der Waals surface area contributed by atoms with Crippen LogP contribution in [0.15, 0.2) is 27.4 Å². The van der Waals surface area contributed by atoms with Crippen molar-refractivity contribution in [3.8, 4) is 5.75 Å². The molecule has 0 spiro atoms. The fourth-order valence-electron chi connectivity index (χ4n) is 4.20. The summed E-state index contributed by atoms with van der Waals surface area (Å²) in [5.41, 5.74) is 5.85. The van der Waals surface area contributed by atoms with Crippen molar-refractivity contribution in [2.45, 2.75) is 19.9 Å². The van der Waals surface area contributed by atoms with E-state index in [2.05, 4.69) is 10.3 Å². The first-order valence-corrected chi connectivity index (χ1v) is 10.4. The van der Waals surface area contributed by atoms with Gasteiger partial charge in [0.25, 0.3) is 0 Å². The second-order valence-electron chi connectivity index (χ2n) is 7.81. The monoisotopic (exact) mass is 461 g/mol. The van der Waals surface area contributed by atoms with Gasteiger partial charge in [-0.3, -0.25) is 4.79 Å². The molecule has 1 aromatic heterocycles. The lowest BCUT2D eigenvalue weighted by molar-refractivity contribution is 0.0694. The van der Waals surface area contributed by atoms with Crippen molar-refractivity contribution in [2.75, 3.05) is 38.3 Å². The van der Waals surface area contributed by atoms with Gasteiger partial charge in [-0.25, -0.2) is 9.18 Å². The van der Waals surface area contributed by atoms with E-state index in [1.54, 1.807) is 16.4 Å². The van der Waals surface area contributed by atoms with Crippen molar-refractivity contribution < 1.29 is 28.7 Å². The number of pyridine rings is 1. The summed E-state index contributed by atoms with van der Waals surface area (Å²) in [4.78, 5) is 36.0. The minimum atomic E-state index is -1.37. The molecule has 1 saturated heterocycles. The van der Waals surface area contributed by atoms with Gasteiger partial charge in [0.05, 0.1) is 35.1 Å². The molecule has 3 heterocycles. The van der Waals surface area contributed by atoms with E-state index in [4.69, 9.17) is 20.1 Å². The Morgan fingerprint density at radius 1 is 1.45 bits per heavy atom. The van der Waals surface area contributed by atoms with E-state index in [1.807, 2.05) is 6.92 Å². The molecule has 33 heavy (non-hydrogen) atoms. The molecule has 1 unspecified atom stereocenters. The Balaban J connectivity index is 1.90. The molecule has 2 aliphatic rings. The number of amidine groups is 1. The summed E-state index contributed by atoms with van der Waals surface area (Å²) in [6.07, 6.45) is 1.28. The van der Waals surface area contributed by atoms with Crippen LogP contribution in [0.5, 0.6) is 5.75 Å². The number of halogens is 1. The SMILES string of the molecule is CCO/N=C1\CN(c2c(F)cc3c(=O)c(C(=O)O)cn4c3c2OC[C@@H]4C)CC1/C(N)=N\OC. The maximum atomic E-state index is 15.5. The van der Waals surface area contributed by atoms with Gasteiger partial charge in [0.2, 0.25) is 5.43 Å². The highest BCUT2D eigenvalue weighted by molar-refractivity contribution is 6.10. The number of hydrogen-bond donors (Lipinski definition) is 2. The molecule has 0 amide bonds. The van der Waals surface area contributed by atoms with Gasteiger partial charge < -0.3 is 34.7 Å². The number of aromatic nitrogens is 1. The Labute approximate surface area is 187 Å². The molecule has 1 aromatic carbocycles. The third kappa shape index (κ3) is 3.70. The lowest BCUT2D eigenvalue weighted by Crippen LogP contribution is -2.31. The summed E-state index contributed by atoms with van der Waals surface area (Å²) in [6.45, 7) is 4.51. The second kappa shape index (κ2) is 8.60. The van der Waals surface area contributed by atoms with Crippen LogP contribution in [0, 0.1) is 11.7 Å². The largest absolute Gasteiger partial charge is 0.487 e. The van der Waals surface area contributed by atoms with E-state index < -0.39 is 28.7 Å². The summed E-state index contributed by atoms with van der Waals surface area (Å²) >= 11 is 0. The first-order valence-electron chi connectivity index (χ1n) is 10.4.